The Balaban J connectivity index is 1.67. The zero-order valence-electron chi connectivity index (χ0n) is 14.1. The first-order valence-electron chi connectivity index (χ1n) is 8.11. The maximum absolute atomic E-state index is 12.7. The average Bonchev–Trinajstić information content (AvgIpc) is 3.21. The predicted molar refractivity (Wildman–Crippen MR) is 94.8 cm³/mol. The molecule has 7 nitrogen and oxygen atoms in total. The molecular weight excluding hydrogens is 388 g/mol. The van der Waals surface area contributed by atoms with Crippen molar-refractivity contribution in [2.45, 2.75) is 26.3 Å². The van der Waals surface area contributed by atoms with E-state index in [0.29, 0.717) is 24.7 Å². The van der Waals surface area contributed by atoms with Gasteiger partial charge in [-0.25, -0.2) is 0 Å². The zero-order chi connectivity index (χ0) is 18.0. The molecule has 1 aliphatic heterocycles. The summed E-state index contributed by atoms with van der Waals surface area (Å²) in [7, 11) is 1.68. The number of hydrogen-bond donors (Lipinski definition) is 0. The molecule has 8 heteroatoms. The van der Waals surface area contributed by atoms with Crippen LogP contribution in [0.25, 0.3) is 0 Å². The van der Waals surface area contributed by atoms with Gasteiger partial charge in [0.05, 0.1) is 18.2 Å². The van der Waals surface area contributed by atoms with Crippen LogP contribution >= 0.6 is 15.9 Å². The topological polar surface area (TPSA) is 79.5 Å². The number of para-hydroxylation sites is 1. The highest BCUT2D eigenvalue weighted by Crippen LogP contribution is 2.31. The molecule has 1 aromatic heterocycles. The largest absolute Gasteiger partial charge is 0.337 e. The Morgan fingerprint density at radius 1 is 1.44 bits per heavy atom. The van der Waals surface area contributed by atoms with E-state index in [1.807, 2.05) is 31.2 Å². The second-order valence-corrected chi connectivity index (χ2v) is 6.86. The van der Waals surface area contributed by atoms with Gasteiger partial charge in [-0.15, -0.1) is 0 Å². The fourth-order valence-electron chi connectivity index (χ4n) is 2.87. The molecule has 25 heavy (non-hydrogen) atoms. The lowest BCUT2D eigenvalue weighted by atomic mass is 10.1. The van der Waals surface area contributed by atoms with Crippen LogP contribution in [0.5, 0.6) is 0 Å². The van der Waals surface area contributed by atoms with Gasteiger partial charge in [0.1, 0.15) is 0 Å². The number of halogens is 1. The SMILES string of the molecule is CCc1noc(CN(C)C(=O)C2CC(=O)N(c3ccccc3Br)C2)n1. The van der Waals surface area contributed by atoms with Crippen LogP contribution < -0.4 is 4.90 Å². The van der Waals surface area contributed by atoms with E-state index in [1.54, 1.807) is 11.9 Å². The van der Waals surface area contributed by atoms with Crippen molar-refractivity contribution in [1.29, 1.82) is 0 Å². The monoisotopic (exact) mass is 406 g/mol. The first-order valence-corrected chi connectivity index (χ1v) is 8.90. The van der Waals surface area contributed by atoms with Gasteiger partial charge in [-0.2, -0.15) is 4.98 Å². The highest BCUT2D eigenvalue weighted by Gasteiger charge is 2.37. The van der Waals surface area contributed by atoms with E-state index in [4.69, 9.17) is 4.52 Å². The summed E-state index contributed by atoms with van der Waals surface area (Å²) in [6.45, 7) is 2.55. The van der Waals surface area contributed by atoms with Crippen LogP contribution in [0.15, 0.2) is 33.3 Å². The van der Waals surface area contributed by atoms with Gasteiger partial charge >= 0.3 is 0 Å². The summed E-state index contributed by atoms with van der Waals surface area (Å²) in [5.74, 6) is 0.494. The summed E-state index contributed by atoms with van der Waals surface area (Å²) in [6, 6.07) is 7.50. The Bertz CT molecular complexity index is 792. The number of benzene rings is 1. The molecule has 0 radical (unpaired) electrons. The summed E-state index contributed by atoms with van der Waals surface area (Å²) >= 11 is 3.46. The molecule has 1 fully saturated rings. The predicted octanol–water partition coefficient (Wildman–Crippen LogP) is 2.41. The number of nitrogens with zero attached hydrogens (tertiary/aromatic N) is 4. The molecule has 1 unspecified atom stereocenters. The molecule has 0 saturated carbocycles. The van der Waals surface area contributed by atoms with Crippen LogP contribution in [0.3, 0.4) is 0 Å². The highest BCUT2D eigenvalue weighted by molar-refractivity contribution is 9.10. The van der Waals surface area contributed by atoms with Gasteiger partial charge in [-0.05, 0) is 28.1 Å². The number of rotatable bonds is 5. The molecule has 1 aliphatic rings. The Morgan fingerprint density at radius 3 is 2.88 bits per heavy atom. The van der Waals surface area contributed by atoms with Crippen LogP contribution in [0, 0.1) is 5.92 Å². The molecule has 1 aromatic carbocycles. The van der Waals surface area contributed by atoms with Crippen molar-refractivity contribution < 1.29 is 14.1 Å². The number of hydrogen-bond acceptors (Lipinski definition) is 5. The number of anilines is 1. The molecule has 132 valence electrons. The third kappa shape index (κ3) is 3.73. The summed E-state index contributed by atoms with van der Waals surface area (Å²) < 4.78 is 5.96. The fraction of sp³-hybridized carbons (Fsp3) is 0.412. The van der Waals surface area contributed by atoms with Crippen molar-refractivity contribution in [3.63, 3.8) is 0 Å². The Hall–Kier alpha value is -2.22. The maximum atomic E-state index is 12.7. The molecule has 0 spiro atoms. The van der Waals surface area contributed by atoms with Gasteiger partial charge in [0, 0.05) is 30.9 Å². The quantitative estimate of drug-likeness (QED) is 0.761. The van der Waals surface area contributed by atoms with Crippen molar-refractivity contribution in [1.82, 2.24) is 15.0 Å². The Morgan fingerprint density at radius 2 is 2.20 bits per heavy atom. The van der Waals surface area contributed by atoms with Crippen LogP contribution in [-0.4, -0.2) is 40.4 Å². The standard InChI is InChI=1S/C17H19BrN4O3/c1-3-14-19-15(25-20-14)10-21(2)17(24)11-8-16(23)22(9-11)13-7-5-4-6-12(13)18/h4-7,11H,3,8-10H2,1-2H3. The van der Waals surface area contributed by atoms with Crippen LogP contribution in [0.4, 0.5) is 5.69 Å². The third-order valence-electron chi connectivity index (χ3n) is 4.19. The number of carbonyl (C=O) groups is 2. The summed E-state index contributed by atoms with van der Waals surface area (Å²) in [6.07, 6.45) is 0.883. The molecule has 2 amide bonds. The fourth-order valence-corrected chi connectivity index (χ4v) is 3.37. The minimum absolute atomic E-state index is 0.0512. The Labute approximate surface area is 154 Å². The second-order valence-electron chi connectivity index (χ2n) is 6.01. The molecule has 1 atom stereocenters. The van der Waals surface area contributed by atoms with Crippen molar-refractivity contribution in [3.8, 4) is 0 Å². The summed E-state index contributed by atoms with van der Waals surface area (Å²) in [4.78, 5) is 32.4. The van der Waals surface area contributed by atoms with Gasteiger partial charge in [-0.1, -0.05) is 24.2 Å². The molecule has 0 aliphatic carbocycles. The van der Waals surface area contributed by atoms with E-state index >= 15 is 0 Å². The van der Waals surface area contributed by atoms with Gasteiger partial charge in [0.25, 0.3) is 0 Å². The molecule has 3 rings (SSSR count). The minimum Gasteiger partial charge on any atom is -0.337 e. The lowest BCUT2D eigenvalue weighted by Gasteiger charge is -2.20. The van der Waals surface area contributed by atoms with Crippen molar-refractivity contribution in [3.05, 3.63) is 40.5 Å². The number of aryl methyl sites for hydroxylation is 1. The molecule has 2 heterocycles. The van der Waals surface area contributed by atoms with Gasteiger partial charge in [0.15, 0.2) is 5.82 Å². The Kier molecular flexibility index (Phi) is 5.17. The normalized spacial score (nSPS) is 17.2. The van der Waals surface area contributed by atoms with Gasteiger partial charge < -0.3 is 14.3 Å². The molecule has 0 N–H and O–H groups in total. The first kappa shape index (κ1) is 17.6. The molecule has 0 bridgehead atoms. The second kappa shape index (κ2) is 7.35. The lowest BCUT2D eigenvalue weighted by Crippen LogP contribution is -2.34. The van der Waals surface area contributed by atoms with E-state index in [1.165, 1.54) is 4.90 Å². The highest BCUT2D eigenvalue weighted by atomic mass is 79.9. The minimum atomic E-state index is -0.377. The maximum Gasteiger partial charge on any atom is 0.246 e. The third-order valence-corrected chi connectivity index (χ3v) is 4.86. The van der Waals surface area contributed by atoms with Crippen LogP contribution in [-0.2, 0) is 22.6 Å². The molecule has 1 saturated heterocycles. The van der Waals surface area contributed by atoms with E-state index in [2.05, 4.69) is 26.1 Å². The number of carbonyl (C=O) groups excluding carboxylic acids is 2. The summed E-state index contributed by atoms with van der Waals surface area (Å²) in [5, 5.41) is 3.83. The van der Waals surface area contributed by atoms with Crippen LogP contribution in [0.1, 0.15) is 25.1 Å². The average molecular weight is 407 g/mol. The van der Waals surface area contributed by atoms with E-state index in [-0.39, 0.29) is 30.7 Å². The number of amides is 2. The van der Waals surface area contributed by atoms with Crippen molar-refractivity contribution in [2.24, 2.45) is 5.92 Å². The summed E-state index contributed by atoms with van der Waals surface area (Å²) in [5.41, 5.74) is 0.787. The molecular formula is C17H19BrN4O3. The molecule has 2 aromatic rings. The lowest BCUT2D eigenvalue weighted by molar-refractivity contribution is -0.135. The van der Waals surface area contributed by atoms with E-state index < -0.39 is 0 Å². The first-order chi connectivity index (χ1) is 12.0. The zero-order valence-corrected chi connectivity index (χ0v) is 15.7. The van der Waals surface area contributed by atoms with Crippen molar-refractivity contribution >= 4 is 33.4 Å². The van der Waals surface area contributed by atoms with Crippen molar-refractivity contribution in [2.75, 3.05) is 18.5 Å². The smallest absolute Gasteiger partial charge is 0.246 e. The van der Waals surface area contributed by atoms with E-state index in [9.17, 15) is 9.59 Å². The van der Waals surface area contributed by atoms with Crippen LogP contribution in [0.2, 0.25) is 0 Å². The van der Waals surface area contributed by atoms with Gasteiger partial charge in [-0.3, -0.25) is 9.59 Å². The van der Waals surface area contributed by atoms with E-state index in [0.717, 1.165) is 10.2 Å². The number of aromatic nitrogens is 2. The van der Waals surface area contributed by atoms with Gasteiger partial charge in [0.2, 0.25) is 17.7 Å².